The lowest BCUT2D eigenvalue weighted by Crippen LogP contribution is -1.97. The first-order chi connectivity index (χ1) is 13.3. The topological polar surface area (TPSA) is 57.8 Å². The van der Waals surface area contributed by atoms with Crippen molar-refractivity contribution in [2.75, 3.05) is 7.11 Å². The Morgan fingerprint density at radius 1 is 1.00 bits per heavy atom. The maximum Gasteiger partial charge on any atom is 0.191 e. The van der Waals surface area contributed by atoms with Crippen molar-refractivity contribution in [2.24, 2.45) is 7.05 Å². The largest absolute Gasteiger partial charge is 0.496 e. The van der Waals surface area contributed by atoms with Gasteiger partial charge in [-0.3, -0.25) is 0 Å². The highest BCUT2D eigenvalue weighted by atomic mass is 32.2. The van der Waals surface area contributed by atoms with Gasteiger partial charge < -0.3 is 9.30 Å². The highest BCUT2D eigenvalue weighted by molar-refractivity contribution is 7.98. The third-order valence-corrected chi connectivity index (χ3v) is 5.35. The molecule has 0 radical (unpaired) electrons. The van der Waals surface area contributed by atoms with Crippen LogP contribution in [0.2, 0.25) is 0 Å². The average Bonchev–Trinajstić information content (AvgIpc) is 3.37. The Hall–Kier alpha value is -3.06. The minimum Gasteiger partial charge on any atom is -0.496 e. The summed E-state index contributed by atoms with van der Waals surface area (Å²) in [7, 11) is 3.64. The van der Waals surface area contributed by atoms with Gasteiger partial charge in [0.1, 0.15) is 5.75 Å². The van der Waals surface area contributed by atoms with Crippen molar-refractivity contribution in [3.8, 4) is 22.8 Å². The number of methoxy groups -OCH3 is 1. The average molecular weight is 377 g/mol. The number of rotatable bonds is 6. The quantitative estimate of drug-likeness (QED) is 0.476. The zero-order chi connectivity index (χ0) is 18.6. The van der Waals surface area contributed by atoms with Gasteiger partial charge in [0.05, 0.1) is 18.4 Å². The van der Waals surface area contributed by atoms with E-state index < -0.39 is 0 Å². The number of ether oxygens (including phenoxy) is 1. The van der Waals surface area contributed by atoms with Gasteiger partial charge in [0.2, 0.25) is 0 Å². The molecular formula is C20H19N5OS. The summed E-state index contributed by atoms with van der Waals surface area (Å²) in [5.74, 6) is 2.40. The molecular weight excluding hydrogens is 358 g/mol. The molecule has 0 aliphatic carbocycles. The van der Waals surface area contributed by atoms with Gasteiger partial charge in [0, 0.05) is 25.2 Å². The van der Waals surface area contributed by atoms with Crippen molar-refractivity contribution in [3.63, 3.8) is 0 Å². The summed E-state index contributed by atoms with van der Waals surface area (Å²) in [5.41, 5.74) is 3.20. The summed E-state index contributed by atoms with van der Waals surface area (Å²) in [5, 5.41) is 13.8. The van der Waals surface area contributed by atoms with Crippen LogP contribution in [-0.4, -0.2) is 31.7 Å². The second kappa shape index (κ2) is 7.67. The number of nitrogens with zero attached hydrogens (tertiary/aromatic N) is 5. The molecule has 0 spiro atoms. The Labute approximate surface area is 161 Å². The smallest absolute Gasteiger partial charge is 0.191 e. The Bertz CT molecular complexity index is 1020. The summed E-state index contributed by atoms with van der Waals surface area (Å²) in [6.45, 7) is 0. The maximum absolute atomic E-state index is 5.44. The first-order valence-corrected chi connectivity index (χ1v) is 9.49. The number of para-hydroxylation sites is 1. The fourth-order valence-corrected chi connectivity index (χ4v) is 3.69. The highest BCUT2D eigenvalue weighted by Crippen LogP contribution is 2.30. The van der Waals surface area contributed by atoms with E-state index in [0.29, 0.717) is 0 Å². The molecule has 0 unspecified atom stereocenters. The Morgan fingerprint density at radius 3 is 2.56 bits per heavy atom. The molecule has 6 nitrogen and oxygen atoms in total. The van der Waals surface area contributed by atoms with Gasteiger partial charge in [-0.15, -0.1) is 10.2 Å². The number of hydrogen-bond donors (Lipinski definition) is 0. The Balaban J connectivity index is 1.49. The van der Waals surface area contributed by atoms with E-state index in [1.54, 1.807) is 25.1 Å². The number of aromatic nitrogens is 5. The van der Waals surface area contributed by atoms with Gasteiger partial charge in [0.15, 0.2) is 11.0 Å². The van der Waals surface area contributed by atoms with Crippen LogP contribution in [0.5, 0.6) is 5.75 Å². The summed E-state index contributed by atoms with van der Waals surface area (Å²) in [4.78, 5) is 0. The standard InChI is InChI=1S/C20H19N5OS/c1-24-19(17-6-3-4-7-18(17)26-2)22-23-20(24)27-14-15-8-10-16(11-9-15)25-13-5-12-21-25/h3-13H,14H2,1-2H3. The number of thioether (sulfide) groups is 1. The van der Waals surface area contributed by atoms with Crippen molar-refractivity contribution in [2.45, 2.75) is 10.9 Å². The molecule has 0 aliphatic heterocycles. The van der Waals surface area contributed by atoms with Gasteiger partial charge in [-0.2, -0.15) is 5.10 Å². The normalized spacial score (nSPS) is 10.9. The fourth-order valence-electron chi connectivity index (χ4n) is 2.82. The van der Waals surface area contributed by atoms with Crippen LogP contribution in [-0.2, 0) is 12.8 Å². The van der Waals surface area contributed by atoms with Crippen molar-refractivity contribution >= 4 is 11.8 Å². The van der Waals surface area contributed by atoms with Crippen LogP contribution < -0.4 is 4.74 Å². The van der Waals surface area contributed by atoms with E-state index in [1.165, 1.54) is 5.56 Å². The summed E-state index contributed by atoms with van der Waals surface area (Å²) in [6, 6.07) is 18.1. The molecule has 2 aromatic carbocycles. The second-order valence-corrected chi connectivity index (χ2v) is 6.91. The van der Waals surface area contributed by atoms with E-state index in [4.69, 9.17) is 4.74 Å². The van der Waals surface area contributed by atoms with Crippen LogP contribution in [0.1, 0.15) is 5.56 Å². The molecule has 4 rings (SSSR count). The predicted molar refractivity (Wildman–Crippen MR) is 106 cm³/mol. The zero-order valence-corrected chi connectivity index (χ0v) is 15.9. The molecule has 0 atom stereocenters. The minimum atomic E-state index is 0.791. The van der Waals surface area contributed by atoms with Crippen LogP contribution >= 0.6 is 11.8 Å². The molecule has 0 aliphatic rings. The molecule has 0 N–H and O–H groups in total. The minimum absolute atomic E-state index is 0.791. The molecule has 0 saturated carbocycles. The van der Waals surface area contributed by atoms with Gasteiger partial charge >= 0.3 is 0 Å². The predicted octanol–water partition coefficient (Wildman–Crippen LogP) is 3.97. The first-order valence-electron chi connectivity index (χ1n) is 8.51. The first kappa shape index (κ1) is 17.4. The molecule has 0 fully saturated rings. The summed E-state index contributed by atoms with van der Waals surface area (Å²) in [6.07, 6.45) is 3.71. The zero-order valence-electron chi connectivity index (χ0n) is 15.1. The number of benzene rings is 2. The van der Waals surface area contributed by atoms with E-state index in [1.807, 2.05) is 52.8 Å². The fraction of sp³-hybridized carbons (Fsp3) is 0.150. The van der Waals surface area contributed by atoms with Crippen molar-refractivity contribution in [3.05, 3.63) is 72.6 Å². The second-order valence-electron chi connectivity index (χ2n) is 5.97. The molecule has 0 bridgehead atoms. The summed E-state index contributed by atoms with van der Waals surface area (Å²) < 4.78 is 9.29. The van der Waals surface area contributed by atoms with Gasteiger partial charge in [0.25, 0.3) is 0 Å². The number of hydrogen-bond acceptors (Lipinski definition) is 5. The van der Waals surface area contributed by atoms with Crippen LogP contribution in [0.25, 0.3) is 17.1 Å². The summed E-state index contributed by atoms with van der Waals surface area (Å²) >= 11 is 1.66. The van der Waals surface area contributed by atoms with Gasteiger partial charge in [-0.25, -0.2) is 4.68 Å². The van der Waals surface area contributed by atoms with Crippen LogP contribution in [0.4, 0.5) is 0 Å². The molecule has 0 saturated heterocycles. The van der Waals surface area contributed by atoms with Crippen molar-refractivity contribution in [1.29, 1.82) is 0 Å². The molecule has 2 heterocycles. The van der Waals surface area contributed by atoms with Crippen LogP contribution in [0.15, 0.2) is 72.1 Å². The van der Waals surface area contributed by atoms with E-state index >= 15 is 0 Å². The van der Waals surface area contributed by atoms with Gasteiger partial charge in [-0.1, -0.05) is 36.0 Å². The van der Waals surface area contributed by atoms with Crippen molar-refractivity contribution < 1.29 is 4.74 Å². The van der Waals surface area contributed by atoms with E-state index in [9.17, 15) is 0 Å². The lowest BCUT2D eigenvalue weighted by Gasteiger charge is -2.08. The van der Waals surface area contributed by atoms with E-state index in [-0.39, 0.29) is 0 Å². The molecule has 2 aromatic heterocycles. The van der Waals surface area contributed by atoms with Crippen LogP contribution in [0, 0.1) is 0 Å². The van der Waals surface area contributed by atoms with E-state index in [0.717, 1.165) is 33.7 Å². The third kappa shape index (κ3) is 3.59. The highest BCUT2D eigenvalue weighted by Gasteiger charge is 2.14. The monoisotopic (exact) mass is 377 g/mol. The lowest BCUT2D eigenvalue weighted by atomic mass is 10.2. The van der Waals surface area contributed by atoms with Crippen molar-refractivity contribution in [1.82, 2.24) is 24.5 Å². The van der Waals surface area contributed by atoms with Crippen LogP contribution in [0.3, 0.4) is 0 Å². The van der Waals surface area contributed by atoms with Gasteiger partial charge in [-0.05, 0) is 35.9 Å². The lowest BCUT2D eigenvalue weighted by molar-refractivity contribution is 0.416. The molecule has 0 amide bonds. The molecule has 27 heavy (non-hydrogen) atoms. The molecule has 7 heteroatoms. The maximum atomic E-state index is 5.44. The molecule has 136 valence electrons. The Morgan fingerprint density at radius 2 is 1.81 bits per heavy atom. The Kier molecular flexibility index (Phi) is 4.93. The SMILES string of the molecule is COc1ccccc1-c1nnc(SCc2ccc(-n3cccn3)cc2)n1C. The third-order valence-electron chi connectivity index (χ3n) is 4.26. The van der Waals surface area contributed by atoms with E-state index in [2.05, 4.69) is 39.6 Å². The molecule has 4 aromatic rings.